The van der Waals surface area contributed by atoms with Gasteiger partial charge >= 0.3 is 0 Å². The number of nitrogens with zero attached hydrogens (tertiary/aromatic N) is 1. The van der Waals surface area contributed by atoms with E-state index in [4.69, 9.17) is 0 Å². The summed E-state index contributed by atoms with van der Waals surface area (Å²) in [5.41, 5.74) is 0.443. The first kappa shape index (κ1) is 13.0. The van der Waals surface area contributed by atoms with E-state index in [0.29, 0.717) is 5.57 Å². The minimum atomic E-state index is -3.17. The minimum absolute atomic E-state index is 0.0892. The Hall–Kier alpha value is -1.10. The molecule has 0 fully saturated rings. The van der Waals surface area contributed by atoms with Gasteiger partial charge < -0.3 is 4.90 Å². The maximum atomic E-state index is 11.7. The molecule has 0 aromatic carbocycles. The second-order valence-corrected chi connectivity index (χ2v) is 6.54. The third-order valence-electron chi connectivity index (χ3n) is 2.59. The zero-order valence-corrected chi connectivity index (χ0v) is 10.8. The molecule has 1 rings (SSSR count). The summed E-state index contributed by atoms with van der Waals surface area (Å²) < 4.78 is 23.1. The smallest absolute Gasteiger partial charge is 0.253 e. The van der Waals surface area contributed by atoms with Crippen LogP contribution in [0.25, 0.3) is 0 Å². The Labute approximate surface area is 96.6 Å². The molecule has 4 nitrogen and oxygen atoms in total. The lowest BCUT2D eigenvalue weighted by molar-refractivity contribution is -0.124. The van der Waals surface area contributed by atoms with Crippen molar-refractivity contribution in [2.24, 2.45) is 5.92 Å². The Bertz CT molecular complexity index is 446. The van der Waals surface area contributed by atoms with Crippen LogP contribution < -0.4 is 0 Å². The van der Waals surface area contributed by atoms with E-state index in [-0.39, 0.29) is 11.8 Å². The molecule has 2 atom stereocenters. The average Bonchev–Trinajstić information content (AvgIpc) is 2.15. The third-order valence-corrected chi connectivity index (χ3v) is 4.14. The van der Waals surface area contributed by atoms with Gasteiger partial charge in [-0.15, -0.1) is 0 Å². The Morgan fingerprint density at radius 1 is 1.38 bits per heavy atom. The van der Waals surface area contributed by atoms with Crippen LogP contribution in [0.3, 0.4) is 0 Å². The molecule has 0 saturated heterocycles. The van der Waals surface area contributed by atoms with E-state index in [1.165, 1.54) is 11.2 Å². The molecule has 0 N–H and O–H groups in total. The van der Waals surface area contributed by atoms with Crippen molar-refractivity contribution < 1.29 is 13.2 Å². The lowest BCUT2D eigenvalue weighted by Gasteiger charge is -2.22. The van der Waals surface area contributed by atoms with Crippen LogP contribution in [0.1, 0.15) is 6.92 Å². The van der Waals surface area contributed by atoms with Crippen LogP contribution in [-0.4, -0.2) is 44.8 Å². The van der Waals surface area contributed by atoms with Crippen LogP contribution >= 0.6 is 0 Å². The first-order chi connectivity index (χ1) is 7.23. The van der Waals surface area contributed by atoms with E-state index < -0.39 is 15.1 Å². The van der Waals surface area contributed by atoms with Crippen molar-refractivity contribution in [3.63, 3.8) is 0 Å². The Morgan fingerprint density at radius 3 is 2.38 bits per heavy atom. The predicted octanol–water partition coefficient (Wildman–Crippen LogP) is 0.620. The normalized spacial score (nSPS) is 25.1. The fourth-order valence-electron chi connectivity index (χ4n) is 1.66. The van der Waals surface area contributed by atoms with Gasteiger partial charge in [0.05, 0.1) is 5.25 Å². The van der Waals surface area contributed by atoms with E-state index in [1.54, 1.807) is 32.3 Å². The highest BCUT2D eigenvalue weighted by molar-refractivity contribution is 7.91. The van der Waals surface area contributed by atoms with Gasteiger partial charge in [-0.1, -0.05) is 25.2 Å². The van der Waals surface area contributed by atoms with E-state index >= 15 is 0 Å². The fourth-order valence-corrected chi connectivity index (χ4v) is 2.93. The number of hydrogen-bond acceptors (Lipinski definition) is 3. The molecule has 90 valence electrons. The SMILES string of the molecule is CC1C=CC(C(=O)N(C)C)=CC1S(C)(=O)=O. The van der Waals surface area contributed by atoms with Crippen molar-refractivity contribution in [1.29, 1.82) is 0 Å². The maximum absolute atomic E-state index is 11.7. The molecule has 0 bridgehead atoms. The van der Waals surface area contributed by atoms with Gasteiger partial charge in [0.1, 0.15) is 0 Å². The quantitative estimate of drug-likeness (QED) is 0.714. The van der Waals surface area contributed by atoms with E-state index in [0.717, 1.165) is 0 Å². The fraction of sp³-hybridized carbons (Fsp3) is 0.545. The second-order valence-electron chi connectivity index (χ2n) is 4.33. The average molecular weight is 243 g/mol. The van der Waals surface area contributed by atoms with Gasteiger partial charge in [0.25, 0.3) is 5.91 Å². The molecule has 0 spiro atoms. The maximum Gasteiger partial charge on any atom is 0.253 e. The number of sulfone groups is 1. The standard InChI is InChI=1S/C11H17NO3S/c1-8-5-6-9(11(13)12(2)3)7-10(8)16(4,14)15/h5-8,10H,1-4H3. The van der Waals surface area contributed by atoms with Crippen LogP contribution in [-0.2, 0) is 14.6 Å². The molecule has 1 aliphatic rings. The van der Waals surface area contributed by atoms with Crippen LogP contribution in [0, 0.1) is 5.92 Å². The molecule has 2 unspecified atom stereocenters. The minimum Gasteiger partial charge on any atom is -0.345 e. The van der Waals surface area contributed by atoms with E-state index in [1.807, 2.05) is 6.92 Å². The first-order valence-corrected chi connectivity index (χ1v) is 6.99. The summed E-state index contributed by atoms with van der Waals surface area (Å²) >= 11 is 0. The molecular weight excluding hydrogens is 226 g/mol. The van der Waals surface area contributed by atoms with Gasteiger partial charge in [0.2, 0.25) is 0 Å². The van der Waals surface area contributed by atoms with Crippen LogP contribution in [0.5, 0.6) is 0 Å². The van der Waals surface area contributed by atoms with Crippen LogP contribution in [0.4, 0.5) is 0 Å². The van der Waals surface area contributed by atoms with Gasteiger partial charge in [0, 0.05) is 25.9 Å². The van der Waals surface area contributed by atoms with E-state index in [2.05, 4.69) is 0 Å². The third kappa shape index (κ3) is 2.72. The van der Waals surface area contributed by atoms with Crippen molar-refractivity contribution in [2.45, 2.75) is 12.2 Å². The van der Waals surface area contributed by atoms with Gasteiger partial charge in [0.15, 0.2) is 9.84 Å². The number of hydrogen-bond donors (Lipinski definition) is 0. The Kier molecular flexibility index (Phi) is 3.57. The number of likely N-dealkylation sites (N-methyl/N-ethyl adjacent to an activating group) is 1. The monoisotopic (exact) mass is 243 g/mol. The molecule has 0 aromatic heterocycles. The molecule has 5 heteroatoms. The first-order valence-electron chi connectivity index (χ1n) is 5.04. The van der Waals surface area contributed by atoms with Crippen molar-refractivity contribution in [2.75, 3.05) is 20.4 Å². The van der Waals surface area contributed by atoms with Crippen LogP contribution in [0.15, 0.2) is 23.8 Å². The van der Waals surface area contributed by atoms with Crippen LogP contribution in [0.2, 0.25) is 0 Å². The summed E-state index contributed by atoms with van der Waals surface area (Å²) in [6, 6.07) is 0. The summed E-state index contributed by atoms with van der Waals surface area (Å²) in [5.74, 6) is -0.259. The zero-order valence-electron chi connectivity index (χ0n) is 9.97. The Balaban J connectivity index is 3.08. The Morgan fingerprint density at radius 2 is 1.94 bits per heavy atom. The molecule has 1 aliphatic carbocycles. The molecule has 0 radical (unpaired) electrons. The van der Waals surface area contributed by atoms with Crippen molar-refractivity contribution >= 4 is 15.7 Å². The number of carbonyl (C=O) groups is 1. The number of amides is 1. The highest BCUT2D eigenvalue weighted by atomic mass is 32.2. The predicted molar refractivity (Wildman–Crippen MR) is 63.7 cm³/mol. The lowest BCUT2D eigenvalue weighted by Crippen LogP contribution is -2.30. The number of rotatable bonds is 2. The lowest BCUT2D eigenvalue weighted by atomic mass is 9.97. The van der Waals surface area contributed by atoms with Crippen molar-refractivity contribution in [3.8, 4) is 0 Å². The second kappa shape index (κ2) is 4.41. The molecule has 0 saturated carbocycles. The van der Waals surface area contributed by atoms with Gasteiger partial charge in [-0.05, 0) is 5.92 Å². The number of carbonyl (C=O) groups excluding carboxylic acids is 1. The van der Waals surface area contributed by atoms with Crippen molar-refractivity contribution in [1.82, 2.24) is 4.90 Å². The topological polar surface area (TPSA) is 54.5 Å². The summed E-state index contributed by atoms with van der Waals surface area (Å²) in [6.45, 7) is 1.83. The summed E-state index contributed by atoms with van der Waals surface area (Å²) in [7, 11) is 0.121. The van der Waals surface area contributed by atoms with Gasteiger partial charge in [-0.3, -0.25) is 4.79 Å². The zero-order chi connectivity index (χ0) is 12.5. The molecule has 16 heavy (non-hydrogen) atoms. The molecule has 0 aromatic rings. The highest BCUT2D eigenvalue weighted by Crippen LogP contribution is 2.23. The highest BCUT2D eigenvalue weighted by Gasteiger charge is 2.28. The number of allylic oxidation sites excluding steroid dienone is 1. The molecule has 0 heterocycles. The summed E-state index contributed by atoms with van der Waals surface area (Å²) in [5, 5.41) is -0.601. The van der Waals surface area contributed by atoms with Crippen molar-refractivity contribution in [3.05, 3.63) is 23.8 Å². The van der Waals surface area contributed by atoms with Gasteiger partial charge in [-0.2, -0.15) is 0 Å². The summed E-state index contributed by atoms with van der Waals surface area (Å²) in [4.78, 5) is 13.1. The molecular formula is C11H17NO3S. The van der Waals surface area contributed by atoms with E-state index in [9.17, 15) is 13.2 Å². The van der Waals surface area contributed by atoms with Gasteiger partial charge in [-0.25, -0.2) is 8.42 Å². The largest absolute Gasteiger partial charge is 0.345 e. The summed E-state index contributed by atoms with van der Waals surface area (Å²) in [6.07, 6.45) is 6.20. The molecule has 0 aliphatic heterocycles. The molecule has 1 amide bonds.